The van der Waals surface area contributed by atoms with Gasteiger partial charge in [-0.15, -0.1) is 0 Å². The van der Waals surface area contributed by atoms with Crippen molar-refractivity contribution in [1.29, 1.82) is 0 Å². The lowest BCUT2D eigenvalue weighted by atomic mass is 9.92. The normalized spacial score (nSPS) is 16.5. The molecule has 0 N–H and O–H groups in total. The maximum Gasteiger partial charge on any atom is 0.175 e. The van der Waals surface area contributed by atoms with Gasteiger partial charge >= 0.3 is 0 Å². The molecule has 5 nitrogen and oxygen atoms in total. The van der Waals surface area contributed by atoms with Crippen LogP contribution in [0.2, 0.25) is 0 Å². The molecule has 5 rings (SSSR count). The fraction of sp³-hybridized carbons (Fsp3) is 0.231. The van der Waals surface area contributed by atoms with Gasteiger partial charge in [-0.3, -0.25) is 0 Å². The first-order valence-corrected chi connectivity index (χ1v) is 12.6. The van der Waals surface area contributed by atoms with Crippen LogP contribution in [0.25, 0.3) is 11.3 Å². The first-order chi connectivity index (χ1) is 15.5. The van der Waals surface area contributed by atoms with Crippen molar-refractivity contribution >= 4 is 26.9 Å². The number of sulfone groups is 1. The van der Waals surface area contributed by atoms with E-state index in [2.05, 4.69) is 35.2 Å². The third-order valence-corrected chi connectivity index (χ3v) is 7.09. The van der Waals surface area contributed by atoms with Crippen LogP contribution in [0.15, 0.2) is 77.7 Å². The largest absolute Gasteiger partial charge is 0.456 e. The van der Waals surface area contributed by atoms with Crippen molar-refractivity contribution < 1.29 is 17.9 Å². The molecule has 0 atom stereocenters. The number of ether oxygens (including phenoxy) is 2. The molecule has 0 spiro atoms. The fourth-order valence-corrected chi connectivity index (χ4v) is 4.84. The number of nitrogens with zero attached hydrogens (tertiary/aromatic N) is 1. The lowest BCUT2D eigenvalue weighted by Crippen LogP contribution is -2.36. The molecule has 0 unspecified atom stereocenters. The van der Waals surface area contributed by atoms with Crippen molar-refractivity contribution in [2.45, 2.75) is 11.3 Å². The molecule has 1 saturated heterocycles. The second kappa shape index (κ2) is 8.45. The predicted molar refractivity (Wildman–Crippen MR) is 127 cm³/mol. The van der Waals surface area contributed by atoms with Crippen molar-refractivity contribution in [3.8, 4) is 5.75 Å². The number of anilines is 1. The van der Waals surface area contributed by atoms with E-state index in [0.717, 1.165) is 66.5 Å². The van der Waals surface area contributed by atoms with Crippen LogP contribution in [-0.2, 0) is 21.0 Å². The van der Waals surface area contributed by atoms with Gasteiger partial charge in [-0.25, -0.2) is 8.42 Å². The topological polar surface area (TPSA) is 55.8 Å². The minimum atomic E-state index is -3.25. The first-order valence-electron chi connectivity index (χ1n) is 10.7. The summed E-state index contributed by atoms with van der Waals surface area (Å²) in [6.45, 7) is 3.31. The molecule has 3 aromatic carbocycles. The van der Waals surface area contributed by atoms with Gasteiger partial charge in [0.25, 0.3) is 0 Å². The zero-order valence-corrected chi connectivity index (χ0v) is 18.8. The lowest BCUT2D eigenvalue weighted by Gasteiger charge is -2.29. The van der Waals surface area contributed by atoms with E-state index < -0.39 is 9.84 Å². The minimum Gasteiger partial charge on any atom is -0.456 e. The maximum absolute atomic E-state index is 11.9. The van der Waals surface area contributed by atoms with Crippen molar-refractivity contribution in [1.82, 2.24) is 0 Å². The molecule has 2 aliphatic rings. The quantitative estimate of drug-likeness (QED) is 0.592. The number of morpholine rings is 1. The molecular formula is C26H25NO4S. The number of benzene rings is 3. The predicted octanol–water partition coefficient (Wildman–Crippen LogP) is 4.43. The monoisotopic (exact) mass is 447 g/mol. The van der Waals surface area contributed by atoms with E-state index in [1.165, 1.54) is 11.9 Å². The summed E-state index contributed by atoms with van der Waals surface area (Å²) in [5.41, 5.74) is 5.37. The van der Waals surface area contributed by atoms with Crippen molar-refractivity contribution in [2.24, 2.45) is 0 Å². The molecule has 3 aromatic rings. The first kappa shape index (κ1) is 20.8. The van der Waals surface area contributed by atoms with Crippen LogP contribution in [0.1, 0.15) is 16.7 Å². The molecular weight excluding hydrogens is 422 g/mol. The Balaban J connectivity index is 1.54. The van der Waals surface area contributed by atoms with Gasteiger partial charge in [0.15, 0.2) is 9.84 Å². The van der Waals surface area contributed by atoms with Crippen LogP contribution in [-0.4, -0.2) is 41.0 Å². The summed E-state index contributed by atoms with van der Waals surface area (Å²) in [6.07, 6.45) is 1.96. The van der Waals surface area contributed by atoms with Gasteiger partial charge in [-0.2, -0.15) is 0 Å². The summed E-state index contributed by atoms with van der Waals surface area (Å²) >= 11 is 0. The average molecular weight is 448 g/mol. The van der Waals surface area contributed by atoms with Crippen LogP contribution in [0.4, 0.5) is 5.69 Å². The Kier molecular flexibility index (Phi) is 5.49. The highest BCUT2D eigenvalue weighted by Gasteiger charge is 2.23. The van der Waals surface area contributed by atoms with E-state index in [1.54, 1.807) is 12.1 Å². The summed E-state index contributed by atoms with van der Waals surface area (Å²) in [6, 6.07) is 23.5. The molecule has 0 saturated carbocycles. The van der Waals surface area contributed by atoms with Crippen LogP contribution in [0.5, 0.6) is 5.75 Å². The lowest BCUT2D eigenvalue weighted by molar-refractivity contribution is 0.122. The molecule has 0 aliphatic carbocycles. The van der Waals surface area contributed by atoms with Crippen molar-refractivity contribution in [2.75, 3.05) is 37.5 Å². The van der Waals surface area contributed by atoms with E-state index in [9.17, 15) is 8.42 Å². The zero-order valence-electron chi connectivity index (χ0n) is 18.0. The molecule has 6 heteroatoms. The Morgan fingerprint density at radius 3 is 2.16 bits per heavy atom. The van der Waals surface area contributed by atoms with Crippen LogP contribution in [0.3, 0.4) is 0 Å². The Morgan fingerprint density at radius 1 is 0.812 bits per heavy atom. The summed E-state index contributed by atoms with van der Waals surface area (Å²) in [4.78, 5) is 2.63. The van der Waals surface area contributed by atoms with Gasteiger partial charge in [-0.05, 0) is 53.6 Å². The molecule has 1 fully saturated rings. The van der Waals surface area contributed by atoms with Crippen molar-refractivity contribution in [3.63, 3.8) is 0 Å². The molecule has 0 radical (unpaired) electrons. The van der Waals surface area contributed by atoms with E-state index in [0.29, 0.717) is 4.90 Å². The van der Waals surface area contributed by atoms with E-state index in [4.69, 9.17) is 9.47 Å². The second-order valence-electron chi connectivity index (χ2n) is 8.14. The van der Waals surface area contributed by atoms with Gasteiger partial charge in [0.1, 0.15) is 11.5 Å². The van der Waals surface area contributed by atoms with E-state index in [1.807, 2.05) is 30.3 Å². The van der Waals surface area contributed by atoms with Gasteiger partial charge in [0.2, 0.25) is 0 Å². The fourth-order valence-electron chi connectivity index (χ4n) is 4.21. The maximum atomic E-state index is 11.9. The number of fused-ring (bicyclic) bond motifs is 1. The summed E-state index contributed by atoms with van der Waals surface area (Å²) < 4.78 is 35.6. The highest BCUT2D eigenvalue weighted by molar-refractivity contribution is 7.90. The number of rotatable bonds is 4. The molecule has 2 aliphatic heterocycles. The number of hydrogen-bond acceptors (Lipinski definition) is 5. The SMILES string of the molecule is CS(=O)(=O)c1ccc(C2=C(c3ccc(N4CCOCC4)cc3)Cc3ccccc3O2)cc1. The smallest absolute Gasteiger partial charge is 0.175 e. The molecule has 0 amide bonds. The minimum absolute atomic E-state index is 0.300. The van der Waals surface area contributed by atoms with Gasteiger partial charge in [0, 0.05) is 42.6 Å². The molecule has 0 aromatic heterocycles. The third-order valence-electron chi connectivity index (χ3n) is 5.96. The summed E-state index contributed by atoms with van der Waals surface area (Å²) in [7, 11) is -3.25. The number of para-hydroxylation sites is 1. The third kappa shape index (κ3) is 4.16. The Morgan fingerprint density at radius 2 is 1.47 bits per heavy atom. The summed E-state index contributed by atoms with van der Waals surface area (Å²) in [5.74, 6) is 1.60. The number of allylic oxidation sites excluding steroid dienone is 1. The van der Waals surface area contributed by atoms with Gasteiger partial charge in [0.05, 0.1) is 18.1 Å². The zero-order chi connectivity index (χ0) is 22.1. The molecule has 0 bridgehead atoms. The highest BCUT2D eigenvalue weighted by atomic mass is 32.2. The molecule has 2 heterocycles. The van der Waals surface area contributed by atoms with E-state index in [-0.39, 0.29) is 0 Å². The average Bonchev–Trinajstić information content (AvgIpc) is 2.83. The Bertz CT molecular complexity index is 1260. The van der Waals surface area contributed by atoms with Crippen LogP contribution < -0.4 is 9.64 Å². The standard InChI is InChI=1S/C26H25NO4S/c1-32(28,29)23-12-8-20(9-13-23)26-24(18-21-4-2-3-5-25(21)31-26)19-6-10-22(11-7-19)27-14-16-30-17-15-27/h2-13H,14-18H2,1H3. The van der Waals surface area contributed by atoms with E-state index >= 15 is 0 Å². The van der Waals surface area contributed by atoms with Gasteiger partial charge in [-0.1, -0.05) is 30.3 Å². The van der Waals surface area contributed by atoms with Gasteiger partial charge < -0.3 is 14.4 Å². The highest BCUT2D eigenvalue weighted by Crippen LogP contribution is 2.39. The van der Waals surface area contributed by atoms with Crippen LogP contribution in [0, 0.1) is 0 Å². The summed E-state index contributed by atoms with van der Waals surface area (Å²) in [5, 5.41) is 0. The Hall–Kier alpha value is -3.09. The van der Waals surface area contributed by atoms with Crippen molar-refractivity contribution in [3.05, 3.63) is 89.5 Å². The Labute approximate surface area is 188 Å². The number of hydrogen-bond donors (Lipinski definition) is 0. The van der Waals surface area contributed by atoms with Crippen LogP contribution >= 0.6 is 0 Å². The molecule has 32 heavy (non-hydrogen) atoms. The second-order valence-corrected chi connectivity index (χ2v) is 10.2. The molecule has 164 valence electrons.